The van der Waals surface area contributed by atoms with Crippen molar-refractivity contribution in [3.05, 3.63) is 53.9 Å². The molecule has 0 aliphatic heterocycles. The number of hydrogen-bond acceptors (Lipinski definition) is 3. The second kappa shape index (κ2) is 5.62. The predicted molar refractivity (Wildman–Crippen MR) is 69.6 cm³/mol. The third kappa shape index (κ3) is 3.26. The fourth-order valence-electron chi connectivity index (χ4n) is 1.62. The number of sulfonamides is 1. The molecule has 0 unspecified atom stereocenters. The van der Waals surface area contributed by atoms with Crippen LogP contribution in [0.15, 0.2) is 41.4 Å². The van der Waals surface area contributed by atoms with Gasteiger partial charge < -0.3 is 4.57 Å². The highest BCUT2D eigenvalue weighted by molar-refractivity contribution is 7.89. The molecule has 0 aliphatic rings. The Morgan fingerprint density at radius 3 is 2.52 bits per heavy atom. The Hall–Kier alpha value is -2.26. The van der Waals surface area contributed by atoms with Crippen molar-refractivity contribution in [1.82, 2.24) is 14.8 Å². The molecule has 1 aromatic heterocycles. The van der Waals surface area contributed by atoms with Crippen molar-refractivity contribution in [2.75, 3.05) is 0 Å². The summed E-state index contributed by atoms with van der Waals surface area (Å²) in [6.07, 6.45) is 1.60. The highest BCUT2D eigenvalue weighted by Gasteiger charge is 2.21. The molecule has 0 fully saturated rings. The molecule has 1 amide bonds. The quantitative estimate of drug-likeness (QED) is 0.824. The summed E-state index contributed by atoms with van der Waals surface area (Å²) >= 11 is 0. The van der Waals surface area contributed by atoms with Crippen LogP contribution < -0.4 is 10.3 Å². The first-order valence-electron chi connectivity index (χ1n) is 5.70. The molecule has 2 aromatic rings. The fourth-order valence-corrected chi connectivity index (χ4v) is 2.52. The van der Waals surface area contributed by atoms with Crippen molar-refractivity contribution in [2.24, 2.45) is 7.05 Å². The molecule has 2 N–H and O–H groups in total. The van der Waals surface area contributed by atoms with E-state index in [0.29, 0.717) is 6.07 Å². The molecule has 2 rings (SSSR count). The van der Waals surface area contributed by atoms with E-state index in [1.165, 1.54) is 10.6 Å². The molecule has 0 atom stereocenters. The first kappa shape index (κ1) is 15.1. The van der Waals surface area contributed by atoms with Gasteiger partial charge in [0.2, 0.25) is 0 Å². The number of nitrogens with zero attached hydrogens (tertiary/aromatic N) is 1. The molecule has 1 heterocycles. The van der Waals surface area contributed by atoms with Gasteiger partial charge in [0.15, 0.2) is 0 Å². The first-order chi connectivity index (χ1) is 9.81. The average Bonchev–Trinajstić information content (AvgIpc) is 2.82. The van der Waals surface area contributed by atoms with Gasteiger partial charge in [0, 0.05) is 19.3 Å². The monoisotopic (exact) mass is 315 g/mol. The Balaban J connectivity index is 2.15. The zero-order chi connectivity index (χ0) is 15.6. The number of hydrogen-bond donors (Lipinski definition) is 2. The van der Waals surface area contributed by atoms with E-state index >= 15 is 0 Å². The number of amides is 1. The minimum Gasteiger partial charge on any atom is -0.347 e. The van der Waals surface area contributed by atoms with E-state index in [1.807, 2.05) is 5.43 Å². The first-order valence-corrected chi connectivity index (χ1v) is 7.18. The van der Waals surface area contributed by atoms with Gasteiger partial charge in [-0.1, -0.05) is 0 Å². The van der Waals surface area contributed by atoms with Crippen LogP contribution in [0.3, 0.4) is 0 Å². The second-order valence-corrected chi connectivity index (χ2v) is 5.79. The van der Waals surface area contributed by atoms with Gasteiger partial charge in [0.05, 0.1) is 0 Å². The van der Waals surface area contributed by atoms with Crippen LogP contribution in [0, 0.1) is 11.6 Å². The summed E-state index contributed by atoms with van der Waals surface area (Å²) in [6, 6.07) is 5.08. The minimum absolute atomic E-state index is 0.206. The maximum Gasteiger partial charge on any atom is 0.282 e. The van der Waals surface area contributed by atoms with Gasteiger partial charge in [-0.05, 0) is 24.3 Å². The van der Waals surface area contributed by atoms with Crippen molar-refractivity contribution in [3.8, 4) is 0 Å². The Bertz CT molecular complexity index is 787. The van der Waals surface area contributed by atoms with Gasteiger partial charge in [-0.3, -0.25) is 10.2 Å². The smallest absolute Gasteiger partial charge is 0.282 e. The van der Waals surface area contributed by atoms with Crippen molar-refractivity contribution >= 4 is 15.9 Å². The normalized spacial score (nSPS) is 11.4. The molecule has 112 valence electrons. The zero-order valence-corrected chi connectivity index (χ0v) is 11.6. The van der Waals surface area contributed by atoms with Crippen molar-refractivity contribution in [3.63, 3.8) is 0 Å². The van der Waals surface area contributed by atoms with Gasteiger partial charge in [0.1, 0.15) is 22.2 Å². The molecule has 0 aliphatic carbocycles. The minimum atomic E-state index is -4.34. The van der Waals surface area contributed by atoms with Crippen LogP contribution >= 0.6 is 0 Å². The van der Waals surface area contributed by atoms with Gasteiger partial charge >= 0.3 is 0 Å². The summed E-state index contributed by atoms with van der Waals surface area (Å²) in [5.41, 5.74) is 2.15. The lowest BCUT2D eigenvalue weighted by atomic mass is 10.3. The van der Waals surface area contributed by atoms with E-state index < -0.39 is 32.5 Å². The second-order valence-electron chi connectivity index (χ2n) is 4.14. The summed E-state index contributed by atoms with van der Waals surface area (Å²) in [5.74, 6) is -2.87. The SMILES string of the molecule is Cn1cccc1C(=O)NNS(=O)(=O)c1ccc(F)cc1F. The average molecular weight is 315 g/mol. The van der Waals surface area contributed by atoms with Gasteiger partial charge in [-0.25, -0.2) is 17.2 Å². The lowest BCUT2D eigenvalue weighted by molar-refractivity contribution is 0.0937. The summed E-state index contributed by atoms with van der Waals surface area (Å²) in [4.78, 5) is 12.7. The van der Waals surface area contributed by atoms with Gasteiger partial charge in [-0.15, -0.1) is 4.83 Å². The van der Waals surface area contributed by atoms with Crippen molar-refractivity contribution < 1.29 is 22.0 Å². The summed E-state index contributed by atoms with van der Waals surface area (Å²) in [5, 5.41) is 0. The van der Waals surface area contributed by atoms with Crippen LogP contribution in [0.1, 0.15) is 10.5 Å². The van der Waals surface area contributed by atoms with E-state index in [1.54, 1.807) is 24.1 Å². The number of carbonyl (C=O) groups excluding carboxylic acids is 1. The van der Waals surface area contributed by atoms with Crippen LogP contribution in [0.4, 0.5) is 8.78 Å². The summed E-state index contributed by atoms with van der Waals surface area (Å²) < 4.78 is 51.3. The van der Waals surface area contributed by atoms with E-state index in [4.69, 9.17) is 0 Å². The Morgan fingerprint density at radius 1 is 1.24 bits per heavy atom. The molecule has 0 saturated carbocycles. The molecular weight excluding hydrogens is 304 g/mol. The van der Waals surface area contributed by atoms with Gasteiger partial charge in [0.25, 0.3) is 15.9 Å². The summed E-state index contributed by atoms with van der Waals surface area (Å²) in [6.45, 7) is 0. The van der Waals surface area contributed by atoms with E-state index in [9.17, 15) is 22.0 Å². The van der Waals surface area contributed by atoms with Crippen molar-refractivity contribution in [2.45, 2.75) is 4.90 Å². The van der Waals surface area contributed by atoms with Gasteiger partial charge in [-0.2, -0.15) is 0 Å². The van der Waals surface area contributed by atoms with Crippen LogP contribution in [0.2, 0.25) is 0 Å². The molecular formula is C12H11F2N3O3S. The van der Waals surface area contributed by atoms with Crippen LogP contribution in [-0.2, 0) is 17.1 Å². The van der Waals surface area contributed by atoms with Crippen LogP contribution in [-0.4, -0.2) is 18.9 Å². The third-order valence-corrected chi connectivity index (χ3v) is 3.94. The summed E-state index contributed by atoms with van der Waals surface area (Å²) in [7, 11) is -2.74. The zero-order valence-electron chi connectivity index (χ0n) is 10.8. The molecule has 0 spiro atoms. The molecule has 0 radical (unpaired) electrons. The lowest BCUT2D eigenvalue weighted by Crippen LogP contribution is -2.42. The molecule has 0 bridgehead atoms. The molecule has 0 saturated heterocycles. The van der Waals surface area contributed by atoms with Crippen molar-refractivity contribution in [1.29, 1.82) is 0 Å². The number of nitrogens with one attached hydrogen (secondary N) is 2. The third-order valence-electron chi connectivity index (χ3n) is 2.66. The highest BCUT2D eigenvalue weighted by Crippen LogP contribution is 2.14. The maximum absolute atomic E-state index is 13.4. The number of benzene rings is 1. The molecule has 9 heteroatoms. The number of hydrazine groups is 1. The van der Waals surface area contributed by atoms with Crippen LogP contribution in [0.25, 0.3) is 0 Å². The molecule has 21 heavy (non-hydrogen) atoms. The van der Waals surface area contributed by atoms with Crippen LogP contribution in [0.5, 0.6) is 0 Å². The number of carbonyl (C=O) groups is 1. The van der Waals surface area contributed by atoms with E-state index in [-0.39, 0.29) is 5.69 Å². The standard InChI is InChI=1S/C12H11F2N3O3S/c1-17-6-2-3-10(17)12(18)15-16-21(19,20)11-5-4-8(13)7-9(11)14/h2-7,16H,1H3,(H,15,18). The fraction of sp³-hybridized carbons (Fsp3) is 0.0833. The Morgan fingerprint density at radius 2 is 1.95 bits per heavy atom. The molecule has 6 nitrogen and oxygen atoms in total. The number of halogens is 2. The number of aromatic nitrogens is 1. The maximum atomic E-state index is 13.4. The largest absolute Gasteiger partial charge is 0.347 e. The van der Waals surface area contributed by atoms with E-state index in [0.717, 1.165) is 12.1 Å². The topological polar surface area (TPSA) is 80.2 Å². The lowest BCUT2D eigenvalue weighted by Gasteiger charge is -2.09. The Kier molecular flexibility index (Phi) is 4.05. The molecule has 1 aromatic carbocycles. The highest BCUT2D eigenvalue weighted by atomic mass is 32.2. The predicted octanol–water partition coefficient (Wildman–Crippen LogP) is 0.927. The number of aryl methyl sites for hydroxylation is 1. The number of rotatable bonds is 4. The Labute approximate surface area is 119 Å². The van der Waals surface area contributed by atoms with E-state index in [2.05, 4.69) is 0 Å².